The van der Waals surface area contributed by atoms with Gasteiger partial charge in [0.05, 0.1) is 55.1 Å². The highest BCUT2D eigenvalue weighted by Crippen LogP contribution is 2.49. The molecule has 3 aliphatic heterocycles. The predicted octanol–water partition coefficient (Wildman–Crippen LogP) is 4.28. The molecule has 0 saturated carbocycles. The maximum Gasteiger partial charge on any atom is 0.411 e. The zero-order valence-electron chi connectivity index (χ0n) is 35.6. The zero-order valence-corrected chi connectivity index (χ0v) is 37.3. The highest BCUT2D eigenvalue weighted by molar-refractivity contribution is 8.13. The number of thioether (sulfide) groups is 2. The Morgan fingerprint density at radius 3 is 2.51 bits per heavy atom. The van der Waals surface area contributed by atoms with Gasteiger partial charge in [-0.25, -0.2) is 4.79 Å². The van der Waals surface area contributed by atoms with Crippen molar-refractivity contribution in [3.05, 3.63) is 64.9 Å². The molecule has 0 bridgehead atoms. The Morgan fingerprint density at radius 1 is 1.11 bits per heavy atom. The summed E-state index contributed by atoms with van der Waals surface area (Å²) in [6, 6.07) is 6.58. The lowest BCUT2D eigenvalue weighted by molar-refractivity contribution is -0.367. The number of methoxy groups -OCH3 is 2. The number of allylic oxidation sites excluding steroid dienone is 3. The first kappa shape index (κ1) is 48.3. The molecule has 0 aromatic heterocycles. The molecule has 61 heavy (non-hydrogen) atoms. The summed E-state index contributed by atoms with van der Waals surface area (Å²) in [5, 5.41) is 27.4. The van der Waals surface area contributed by atoms with E-state index in [0.29, 0.717) is 12.0 Å². The van der Waals surface area contributed by atoms with Gasteiger partial charge in [0.2, 0.25) is 0 Å². The number of phenolic OH excluding ortho intramolecular Hbond substituents is 1. The summed E-state index contributed by atoms with van der Waals surface area (Å²) in [5.74, 6) is 11.2. The lowest BCUT2D eigenvalue weighted by atomic mass is 9.84. The molecule has 15 nitrogen and oxygen atoms in total. The minimum absolute atomic E-state index is 0.0447. The first-order valence-corrected chi connectivity index (χ1v) is 22.2. The molecular formula is C44H56N2O13S2. The average molecular weight is 885 g/mol. The van der Waals surface area contributed by atoms with E-state index in [9.17, 15) is 24.6 Å². The number of carbonyl (C=O) groups is 3. The summed E-state index contributed by atoms with van der Waals surface area (Å²) in [6.07, 6.45) is -2.83. The van der Waals surface area contributed by atoms with Crippen molar-refractivity contribution in [2.24, 2.45) is 0 Å². The van der Waals surface area contributed by atoms with Gasteiger partial charge in [0, 0.05) is 49.8 Å². The minimum Gasteiger partial charge on any atom is -0.508 e. The Labute approximate surface area is 366 Å². The van der Waals surface area contributed by atoms with Gasteiger partial charge in [0.1, 0.15) is 24.1 Å². The third-order valence-corrected chi connectivity index (χ3v) is 12.8. The number of nitrogens with one attached hydrogen (secondary N) is 2. The number of benzene rings is 1. The molecule has 5 rings (SSSR count). The highest BCUT2D eigenvalue weighted by atomic mass is 32.2. The quantitative estimate of drug-likeness (QED) is 0.205. The van der Waals surface area contributed by atoms with Crippen LogP contribution in [0.2, 0.25) is 0 Å². The largest absolute Gasteiger partial charge is 0.508 e. The summed E-state index contributed by atoms with van der Waals surface area (Å²) < 4.78 is 50.1. The standard InChI is InChI=1S/C44H56N2O13S2/c1-9-10-11-12-13-14-34(37-30(19-20-61-27(5)47)32(49)21-33(50)38(37)46-43(51)53-7)57-42-39(58-36-22-35(52-6)31(23-54-36)45-25(2)3)40-44(60-8,26(4)56-42)24-55-41(59-40)28-15-17-29(48)18-16-28/h11-12,15-19,25-26,31-32,34-36,39-42,45,48-49H,20-24H2,1-8H3,(H,46,51)/b12-11-,30-19-/t26?,31?,32-,34-,35?,36?,39?,40?,41?,42?,44?/m0/s1. The summed E-state index contributed by atoms with van der Waals surface area (Å²) in [5.41, 5.74) is 0.710. The smallest absolute Gasteiger partial charge is 0.411 e. The van der Waals surface area contributed by atoms with E-state index in [1.807, 2.05) is 27.0 Å². The van der Waals surface area contributed by atoms with Crippen LogP contribution in [0.5, 0.6) is 5.75 Å². The molecule has 0 radical (unpaired) electrons. The fourth-order valence-electron chi connectivity index (χ4n) is 7.59. The number of hydrogen-bond donors (Lipinski definition) is 4. The van der Waals surface area contributed by atoms with Gasteiger partial charge in [-0.1, -0.05) is 61.6 Å². The Hall–Kier alpha value is -3.69. The number of ketones is 1. The third-order valence-electron chi connectivity index (χ3n) is 10.6. The first-order valence-electron chi connectivity index (χ1n) is 20.0. The molecule has 9 unspecified atom stereocenters. The molecule has 3 fully saturated rings. The molecule has 332 valence electrons. The maximum absolute atomic E-state index is 13.7. The van der Waals surface area contributed by atoms with Crippen LogP contribution in [-0.4, -0.2) is 133 Å². The van der Waals surface area contributed by atoms with Crippen LogP contribution in [-0.2, 0) is 47.5 Å². The van der Waals surface area contributed by atoms with Crippen molar-refractivity contribution in [2.75, 3.05) is 39.4 Å². The Kier molecular flexibility index (Phi) is 17.9. The topological polar surface area (TPSA) is 190 Å². The summed E-state index contributed by atoms with van der Waals surface area (Å²) >= 11 is 2.49. The fraction of sp³-hybridized carbons (Fsp3) is 0.568. The molecule has 1 aromatic rings. The maximum atomic E-state index is 13.7. The SMILES string of the molecule is CC#C/C=C\C#C[C@H](OC1OC(C)C2(SC)COC(c3ccc(O)cc3)OC2C1OC1CC(OC)C(NC(C)C)CO1)C1=C(NC(=O)OC)C(=O)C[C@H](O)/C1=C/CSC(C)=O. The van der Waals surface area contributed by atoms with Crippen LogP contribution >= 0.6 is 23.5 Å². The molecule has 11 atom stereocenters. The Bertz CT molecular complexity index is 1930. The predicted molar refractivity (Wildman–Crippen MR) is 229 cm³/mol. The van der Waals surface area contributed by atoms with Crippen LogP contribution in [0.25, 0.3) is 0 Å². The molecule has 3 heterocycles. The number of phenols is 1. The van der Waals surface area contributed by atoms with Crippen LogP contribution < -0.4 is 10.6 Å². The van der Waals surface area contributed by atoms with Gasteiger partial charge >= 0.3 is 6.09 Å². The molecule has 4 aliphatic rings. The van der Waals surface area contributed by atoms with E-state index in [0.717, 1.165) is 18.9 Å². The number of aromatic hydroxyl groups is 1. The zero-order chi connectivity index (χ0) is 44.3. The second-order valence-electron chi connectivity index (χ2n) is 14.9. The van der Waals surface area contributed by atoms with Gasteiger partial charge in [-0.05, 0) is 50.0 Å². The van der Waals surface area contributed by atoms with E-state index < -0.39 is 66.0 Å². The summed E-state index contributed by atoms with van der Waals surface area (Å²) in [7, 11) is 2.80. The van der Waals surface area contributed by atoms with Crippen molar-refractivity contribution in [2.45, 2.75) is 120 Å². The van der Waals surface area contributed by atoms with E-state index in [1.165, 1.54) is 24.8 Å². The number of aliphatic hydroxyl groups is 1. The molecule has 1 aromatic carbocycles. The molecular weight excluding hydrogens is 829 g/mol. The number of fused-ring (bicyclic) bond motifs is 1. The number of carbonyl (C=O) groups excluding carboxylic acids is 3. The van der Waals surface area contributed by atoms with E-state index in [4.69, 9.17) is 37.9 Å². The van der Waals surface area contributed by atoms with Gasteiger partial charge in [-0.15, -0.1) is 5.92 Å². The van der Waals surface area contributed by atoms with E-state index >= 15 is 0 Å². The van der Waals surface area contributed by atoms with Gasteiger partial charge in [0.15, 0.2) is 29.8 Å². The Morgan fingerprint density at radius 2 is 1.85 bits per heavy atom. The van der Waals surface area contributed by atoms with Crippen LogP contribution in [0.3, 0.4) is 0 Å². The number of ether oxygens (including phenoxy) is 8. The average Bonchev–Trinajstić information content (AvgIpc) is 3.23. The number of hydrogen-bond acceptors (Lipinski definition) is 16. The van der Waals surface area contributed by atoms with Crippen molar-refractivity contribution in [3.8, 4) is 29.4 Å². The lowest BCUT2D eigenvalue weighted by Gasteiger charge is -2.56. The van der Waals surface area contributed by atoms with E-state index in [2.05, 4.69) is 34.3 Å². The molecule has 4 N–H and O–H groups in total. The van der Waals surface area contributed by atoms with Crippen LogP contribution in [0, 0.1) is 23.7 Å². The molecule has 17 heteroatoms. The van der Waals surface area contributed by atoms with Crippen molar-refractivity contribution >= 4 is 40.5 Å². The van der Waals surface area contributed by atoms with Crippen molar-refractivity contribution in [1.82, 2.24) is 10.6 Å². The molecule has 1 aliphatic carbocycles. The van der Waals surface area contributed by atoms with E-state index in [-0.39, 0.29) is 71.3 Å². The van der Waals surface area contributed by atoms with Crippen LogP contribution in [0.4, 0.5) is 4.79 Å². The molecule has 3 saturated heterocycles. The van der Waals surface area contributed by atoms with Gasteiger partial charge in [-0.2, -0.15) is 11.8 Å². The van der Waals surface area contributed by atoms with Gasteiger partial charge in [0.25, 0.3) is 0 Å². The second kappa shape index (κ2) is 22.6. The number of aliphatic hydroxyl groups excluding tert-OH is 1. The number of amides is 1. The minimum atomic E-state index is -1.38. The van der Waals surface area contributed by atoms with Gasteiger partial charge in [-0.3, -0.25) is 14.9 Å². The first-order chi connectivity index (χ1) is 29.2. The van der Waals surface area contributed by atoms with Crippen molar-refractivity contribution in [1.29, 1.82) is 0 Å². The third kappa shape index (κ3) is 12.1. The Balaban J connectivity index is 1.65. The van der Waals surface area contributed by atoms with Crippen molar-refractivity contribution < 1.29 is 62.5 Å². The van der Waals surface area contributed by atoms with E-state index in [1.54, 1.807) is 50.5 Å². The number of Topliss-reactive ketones (excluding diaryl/α,β-unsaturated/α-hetero) is 1. The fourth-order valence-corrected chi connectivity index (χ4v) is 9.08. The van der Waals surface area contributed by atoms with Crippen molar-refractivity contribution in [3.63, 3.8) is 0 Å². The van der Waals surface area contributed by atoms with Crippen LogP contribution in [0.15, 0.2) is 59.3 Å². The highest BCUT2D eigenvalue weighted by Gasteiger charge is 2.61. The molecule has 0 spiro atoms. The summed E-state index contributed by atoms with van der Waals surface area (Å²) in [4.78, 5) is 38.5. The summed E-state index contributed by atoms with van der Waals surface area (Å²) in [6.45, 7) is 9.51. The van der Waals surface area contributed by atoms with Crippen LogP contribution in [0.1, 0.15) is 59.3 Å². The lowest BCUT2D eigenvalue weighted by Crippen LogP contribution is -2.70. The monoisotopic (exact) mass is 884 g/mol. The number of rotatable bonds is 13. The second-order valence-corrected chi connectivity index (χ2v) is 17.3. The van der Waals surface area contributed by atoms with Gasteiger partial charge < -0.3 is 53.4 Å². The number of alkyl carbamates (subject to hydrolysis) is 1. The molecule has 1 amide bonds. The normalized spacial score (nSPS) is 31.5.